The first kappa shape index (κ1) is 21.1. The molecule has 0 saturated heterocycles. The first-order valence-corrected chi connectivity index (χ1v) is 10.9. The van der Waals surface area contributed by atoms with Crippen molar-refractivity contribution in [2.45, 2.75) is 38.3 Å². The Hall–Kier alpha value is -3.81. The highest BCUT2D eigenvalue weighted by Gasteiger charge is 2.37. The first-order chi connectivity index (χ1) is 16.0. The van der Waals surface area contributed by atoms with Crippen LogP contribution >= 0.6 is 0 Å². The molecule has 0 radical (unpaired) electrons. The number of carbonyl (C=O) groups is 2. The molecule has 1 saturated carbocycles. The number of aromatic nitrogens is 2. The molecule has 1 N–H and O–H groups in total. The standard InChI is InChI=1S/C25H22FN3O4/c26-19-10-7-15(8-11-19)13-27-23(30)20-21(33-25(32)17-4-2-1-3-5-17)24(31)29-14-16-6-9-18(12-16)22(29)28-20/h1-5,7-8,10-11,16,18H,6,9,12-14H2,(H,27,30). The molecule has 5 rings (SSSR count). The normalized spacial score (nSPS) is 18.5. The van der Waals surface area contributed by atoms with Gasteiger partial charge in [-0.25, -0.2) is 14.2 Å². The molecule has 1 aromatic heterocycles. The molecule has 1 amide bonds. The molecule has 2 unspecified atom stereocenters. The van der Waals surface area contributed by atoms with Crippen molar-refractivity contribution in [1.29, 1.82) is 0 Å². The number of fused-ring (bicyclic) bond motifs is 4. The average Bonchev–Trinajstić information content (AvgIpc) is 3.23. The summed E-state index contributed by atoms with van der Waals surface area (Å²) < 4.78 is 20.2. The fourth-order valence-electron chi connectivity index (χ4n) is 4.62. The zero-order valence-corrected chi connectivity index (χ0v) is 17.8. The third-order valence-electron chi connectivity index (χ3n) is 6.29. The molecular weight excluding hydrogens is 425 g/mol. The zero-order valence-electron chi connectivity index (χ0n) is 17.8. The highest BCUT2D eigenvalue weighted by Crippen LogP contribution is 2.42. The second kappa shape index (κ2) is 8.61. The Balaban J connectivity index is 1.50. The van der Waals surface area contributed by atoms with Crippen LogP contribution in [-0.2, 0) is 13.1 Å². The summed E-state index contributed by atoms with van der Waals surface area (Å²) in [6.45, 7) is 0.613. The Kier molecular flexibility index (Phi) is 5.50. The summed E-state index contributed by atoms with van der Waals surface area (Å²) in [5, 5.41) is 2.70. The summed E-state index contributed by atoms with van der Waals surface area (Å²) >= 11 is 0. The van der Waals surface area contributed by atoms with E-state index >= 15 is 0 Å². The van der Waals surface area contributed by atoms with Crippen molar-refractivity contribution in [2.24, 2.45) is 5.92 Å². The minimum absolute atomic E-state index is 0.108. The van der Waals surface area contributed by atoms with Crippen molar-refractivity contribution in [2.75, 3.05) is 0 Å². The molecule has 1 fully saturated rings. The van der Waals surface area contributed by atoms with Crippen molar-refractivity contribution >= 4 is 11.9 Å². The molecule has 8 heteroatoms. The van der Waals surface area contributed by atoms with Gasteiger partial charge < -0.3 is 10.1 Å². The highest BCUT2D eigenvalue weighted by atomic mass is 19.1. The Morgan fingerprint density at radius 3 is 2.61 bits per heavy atom. The number of nitrogens with zero attached hydrogens (tertiary/aromatic N) is 2. The zero-order chi connectivity index (χ0) is 22.9. The van der Waals surface area contributed by atoms with E-state index in [4.69, 9.17) is 4.74 Å². The lowest BCUT2D eigenvalue weighted by molar-refractivity contribution is 0.0726. The van der Waals surface area contributed by atoms with E-state index in [0.717, 1.165) is 19.3 Å². The van der Waals surface area contributed by atoms with Crippen LogP contribution in [-0.4, -0.2) is 21.4 Å². The van der Waals surface area contributed by atoms with Crippen molar-refractivity contribution in [3.05, 3.63) is 93.4 Å². The van der Waals surface area contributed by atoms with Gasteiger partial charge in [-0.3, -0.25) is 14.2 Å². The molecule has 33 heavy (non-hydrogen) atoms. The fourth-order valence-corrected chi connectivity index (χ4v) is 4.62. The molecule has 2 atom stereocenters. The average molecular weight is 447 g/mol. The number of carbonyl (C=O) groups excluding carboxylic acids is 2. The number of rotatable bonds is 5. The van der Waals surface area contributed by atoms with E-state index < -0.39 is 17.4 Å². The summed E-state index contributed by atoms with van der Waals surface area (Å²) in [6.07, 6.45) is 2.85. The SMILES string of the molecule is O=C(Oc1c(C(=O)NCc2ccc(F)cc2)nc2n(c1=O)CC1CCC2C1)c1ccccc1. The molecule has 2 bridgehead atoms. The van der Waals surface area contributed by atoms with Gasteiger partial charge in [0, 0.05) is 19.0 Å². The Morgan fingerprint density at radius 1 is 1.09 bits per heavy atom. The van der Waals surface area contributed by atoms with Crippen LogP contribution in [0.2, 0.25) is 0 Å². The van der Waals surface area contributed by atoms with E-state index in [9.17, 15) is 18.8 Å². The van der Waals surface area contributed by atoms with Crippen LogP contribution < -0.4 is 15.6 Å². The Labute approximate surface area is 189 Å². The van der Waals surface area contributed by atoms with E-state index in [2.05, 4.69) is 10.3 Å². The van der Waals surface area contributed by atoms with Gasteiger partial charge in [-0.05, 0) is 55.0 Å². The number of halogens is 1. The second-order valence-electron chi connectivity index (χ2n) is 8.50. The molecule has 2 aliphatic rings. The van der Waals surface area contributed by atoms with Crippen LogP contribution in [0.5, 0.6) is 5.75 Å². The molecular formula is C25H22FN3O4. The molecule has 3 aromatic rings. The molecule has 2 aromatic carbocycles. The van der Waals surface area contributed by atoms with Crippen LogP contribution in [0, 0.1) is 11.7 Å². The number of benzene rings is 2. The van der Waals surface area contributed by atoms with Gasteiger partial charge in [0.15, 0.2) is 5.69 Å². The molecule has 7 nitrogen and oxygen atoms in total. The first-order valence-electron chi connectivity index (χ1n) is 10.9. The van der Waals surface area contributed by atoms with Crippen LogP contribution in [0.1, 0.15) is 57.4 Å². The van der Waals surface area contributed by atoms with Crippen molar-refractivity contribution in [1.82, 2.24) is 14.9 Å². The maximum atomic E-state index is 13.4. The van der Waals surface area contributed by atoms with Gasteiger partial charge in [-0.2, -0.15) is 0 Å². The van der Waals surface area contributed by atoms with E-state index in [1.54, 1.807) is 47.0 Å². The third-order valence-corrected chi connectivity index (χ3v) is 6.29. The molecule has 1 aliphatic heterocycles. The van der Waals surface area contributed by atoms with Crippen LogP contribution in [0.15, 0.2) is 59.4 Å². The smallest absolute Gasteiger partial charge is 0.343 e. The topological polar surface area (TPSA) is 90.3 Å². The number of esters is 1. The van der Waals surface area contributed by atoms with Crippen molar-refractivity contribution in [3.8, 4) is 5.75 Å². The summed E-state index contributed by atoms with van der Waals surface area (Å²) in [5.41, 5.74) is 0.217. The monoisotopic (exact) mass is 447 g/mol. The molecule has 1 aliphatic carbocycles. The van der Waals surface area contributed by atoms with Crippen molar-refractivity contribution in [3.63, 3.8) is 0 Å². The van der Waals surface area contributed by atoms with Gasteiger partial charge in [0.25, 0.3) is 11.5 Å². The number of ether oxygens (including phenoxy) is 1. The van der Waals surface area contributed by atoms with Crippen LogP contribution in [0.3, 0.4) is 0 Å². The van der Waals surface area contributed by atoms with Crippen molar-refractivity contribution < 1.29 is 18.7 Å². The minimum atomic E-state index is -0.735. The van der Waals surface area contributed by atoms with Gasteiger partial charge in [-0.15, -0.1) is 0 Å². The Bertz CT molecular complexity index is 1270. The van der Waals surface area contributed by atoms with Gasteiger partial charge in [0.1, 0.15) is 11.6 Å². The molecule has 168 valence electrons. The largest absolute Gasteiger partial charge is 0.414 e. The van der Waals surface area contributed by atoms with Gasteiger partial charge in [-0.1, -0.05) is 30.3 Å². The lowest BCUT2D eigenvalue weighted by Crippen LogP contribution is -2.36. The molecule has 2 heterocycles. The fraction of sp³-hybridized carbons (Fsp3) is 0.280. The maximum Gasteiger partial charge on any atom is 0.343 e. The summed E-state index contributed by atoms with van der Waals surface area (Å²) in [4.78, 5) is 43.7. The van der Waals surface area contributed by atoms with E-state index in [1.165, 1.54) is 12.1 Å². The maximum absolute atomic E-state index is 13.4. The number of hydrogen-bond donors (Lipinski definition) is 1. The second-order valence-corrected chi connectivity index (χ2v) is 8.50. The van der Waals surface area contributed by atoms with Crippen LogP contribution in [0.4, 0.5) is 4.39 Å². The number of hydrogen-bond acceptors (Lipinski definition) is 5. The Morgan fingerprint density at radius 2 is 1.85 bits per heavy atom. The summed E-state index contributed by atoms with van der Waals surface area (Å²) in [5.74, 6) is -1.04. The lowest BCUT2D eigenvalue weighted by Gasteiger charge is -2.25. The number of amides is 1. The van der Waals surface area contributed by atoms with E-state index in [-0.39, 0.29) is 35.3 Å². The molecule has 0 spiro atoms. The summed E-state index contributed by atoms with van der Waals surface area (Å²) in [6, 6.07) is 14.0. The van der Waals surface area contributed by atoms with Gasteiger partial charge in [0.05, 0.1) is 5.56 Å². The lowest BCUT2D eigenvalue weighted by atomic mass is 9.99. The minimum Gasteiger partial charge on any atom is -0.414 e. The van der Waals surface area contributed by atoms with E-state index in [1.807, 2.05) is 0 Å². The van der Waals surface area contributed by atoms with Gasteiger partial charge >= 0.3 is 5.97 Å². The third kappa shape index (κ3) is 4.16. The number of nitrogens with one attached hydrogen (secondary N) is 1. The van der Waals surface area contributed by atoms with Crippen LogP contribution in [0.25, 0.3) is 0 Å². The predicted molar refractivity (Wildman–Crippen MR) is 118 cm³/mol. The quantitative estimate of drug-likeness (QED) is 0.606. The predicted octanol–water partition coefficient (Wildman–Crippen LogP) is 3.43. The highest BCUT2D eigenvalue weighted by molar-refractivity contribution is 5.97. The van der Waals surface area contributed by atoms with Gasteiger partial charge in [0.2, 0.25) is 5.75 Å². The summed E-state index contributed by atoms with van der Waals surface area (Å²) in [7, 11) is 0. The van der Waals surface area contributed by atoms with E-state index in [0.29, 0.717) is 23.9 Å².